The Balaban J connectivity index is 1.60. The Labute approximate surface area is 182 Å². The summed E-state index contributed by atoms with van der Waals surface area (Å²) in [5, 5.41) is 3.79. The lowest BCUT2D eigenvalue weighted by Crippen LogP contribution is -2.42. The molecule has 0 atom stereocenters. The standard InChI is InChI=1S/C21H24Cl2N2O3S/c1-14-3-4-15(2)20(11-14)24-21(26)16-7-9-25(10-8-16)29(27,28)13-17-5-6-18(22)12-19(17)23/h3-6,11-12,16H,7-10,13H2,1-2H3,(H,24,26). The molecule has 0 saturated carbocycles. The van der Waals surface area contributed by atoms with Crippen molar-refractivity contribution in [1.82, 2.24) is 4.31 Å². The number of amides is 1. The van der Waals surface area contributed by atoms with Gasteiger partial charge in [0, 0.05) is 34.7 Å². The van der Waals surface area contributed by atoms with Gasteiger partial charge in [0.1, 0.15) is 0 Å². The van der Waals surface area contributed by atoms with Gasteiger partial charge in [-0.25, -0.2) is 12.7 Å². The second kappa shape index (κ2) is 9.04. The molecule has 0 radical (unpaired) electrons. The number of nitrogens with zero attached hydrogens (tertiary/aromatic N) is 1. The lowest BCUT2D eigenvalue weighted by atomic mass is 9.97. The van der Waals surface area contributed by atoms with Crippen molar-refractivity contribution in [1.29, 1.82) is 0 Å². The molecule has 2 aromatic carbocycles. The van der Waals surface area contributed by atoms with Gasteiger partial charge in [0.15, 0.2) is 0 Å². The van der Waals surface area contributed by atoms with E-state index in [-0.39, 0.29) is 17.6 Å². The normalized spacial score (nSPS) is 16.0. The van der Waals surface area contributed by atoms with Crippen LogP contribution in [0.2, 0.25) is 10.0 Å². The van der Waals surface area contributed by atoms with E-state index in [0.717, 1.165) is 16.8 Å². The van der Waals surface area contributed by atoms with E-state index in [1.807, 2.05) is 32.0 Å². The second-order valence-corrected chi connectivity index (χ2v) is 10.3. The molecule has 2 aromatic rings. The van der Waals surface area contributed by atoms with Crippen LogP contribution in [0.5, 0.6) is 0 Å². The van der Waals surface area contributed by atoms with Gasteiger partial charge < -0.3 is 5.32 Å². The molecule has 8 heteroatoms. The fourth-order valence-electron chi connectivity index (χ4n) is 3.43. The van der Waals surface area contributed by atoms with Crippen molar-refractivity contribution < 1.29 is 13.2 Å². The number of piperidine rings is 1. The van der Waals surface area contributed by atoms with Gasteiger partial charge in [0.05, 0.1) is 5.75 Å². The van der Waals surface area contributed by atoms with E-state index in [1.165, 1.54) is 10.4 Å². The number of hydrogen-bond donors (Lipinski definition) is 1. The van der Waals surface area contributed by atoms with Crippen molar-refractivity contribution >= 4 is 44.8 Å². The average molecular weight is 455 g/mol. The first kappa shape index (κ1) is 22.1. The highest BCUT2D eigenvalue weighted by molar-refractivity contribution is 7.88. The lowest BCUT2D eigenvalue weighted by Gasteiger charge is -2.30. The molecule has 1 fully saturated rings. The minimum absolute atomic E-state index is 0.0588. The third kappa shape index (κ3) is 5.51. The number of carbonyl (C=O) groups excluding carboxylic acids is 1. The van der Waals surface area contributed by atoms with Crippen molar-refractivity contribution in [2.45, 2.75) is 32.4 Å². The highest BCUT2D eigenvalue weighted by atomic mass is 35.5. The van der Waals surface area contributed by atoms with E-state index in [1.54, 1.807) is 12.1 Å². The van der Waals surface area contributed by atoms with Crippen LogP contribution < -0.4 is 5.32 Å². The van der Waals surface area contributed by atoms with Gasteiger partial charge in [-0.15, -0.1) is 0 Å². The molecular weight excluding hydrogens is 431 g/mol. The number of halogens is 2. The quantitative estimate of drug-likeness (QED) is 0.705. The molecule has 0 unspecified atom stereocenters. The number of rotatable bonds is 5. The van der Waals surface area contributed by atoms with Crippen molar-refractivity contribution in [3.63, 3.8) is 0 Å². The first-order chi connectivity index (χ1) is 13.7. The fraction of sp³-hybridized carbons (Fsp3) is 0.381. The topological polar surface area (TPSA) is 66.5 Å². The number of aryl methyl sites for hydroxylation is 2. The molecule has 1 amide bonds. The molecule has 1 aliphatic rings. The summed E-state index contributed by atoms with van der Waals surface area (Å²) in [5.74, 6) is -0.445. The van der Waals surface area contributed by atoms with E-state index in [0.29, 0.717) is 41.5 Å². The minimum Gasteiger partial charge on any atom is -0.326 e. The van der Waals surface area contributed by atoms with Gasteiger partial charge in [0.25, 0.3) is 0 Å². The van der Waals surface area contributed by atoms with Crippen LogP contribution in [0.15, 0.2) is 36.4 Å². The lowest BCUT2D eigenvalue weighted by molar-refractivity contribution is -0.120. The summed E-state index contributed by atoms with van der Waals surface area (Å²) in [6, 6.07) is 10.7. The minimum atomic E-state index is -3.52. The Morgan fingerprint density at radius 2 is 1.79 bits per heavy atom. The smallest absolute Gasteiger partial charge is 0.227 e. The number of hydrogen-bond acceptors (Lipinski definition) is 3. The summed E-state index contributed by atoms with van der Waals surface area (Å²) in [6.45, 7) is 4.56. The zero-order valence-electron chi connectivity index (χ0n) is 16.4. The van der Waals surface area contributed by atoms with Crippen LogP contribution in [-0.4, -0.2) is 31.7 Å². The van der Waals surface area contributed by atoms with Crippen molar-refractivity contribution in [3.8, 4) is 0 Å². The van der Waals surface area contributed by atoms with E-state index >= 15 is 0 Å². The fourth-order valence-corrected chi connectivity index (χ4v) is 5.58. The van der Waals surface area contributed by atoms with E-state index in [4.69, 9.17) is 23.2 Å². The van der Waals surface area contributed by atoms with Gasteiger partial charge in [0.2, 0.25) is 15.9 Å². The number of benzene rings is 2. The molecule has 1 heterocycles. The maximum atomic E-state index is 12.8. The van der Waals surface area contributed by atoms with E-state index in [2.05, 4.69) is 5.32 Å². The molecule has 0 bridgehead atoms. The van der Waals surface area contributed by atoms with Gasteiger partial charge in [-0.05, 0) is 61.6 Å². The SMILES string of the molecule is Cc1ccc(C)c(NC(=O)C2CCN(S(=O)(=O)Cc3ccc(Cl)cc3Cl)CC2)c1. The van der Waals surface area contributed by atoms with Gasteiger partial charge in [-0.1, -0.05) is 41.4 Å². The molecule has 156 valence electrons. The van der Waals surface area contributed by atoms with E-state index in [9.17, 15) is 13.2 Å². The maximum Gasteiger partial charge on any atom is 0.227 e. The van der Waals surface area contributed by atoms with Crippen LogP contribution in [0.1, 0.15) is 29.5 Å². The van der Waals surface area contributed by atoms with Crippen LogP contribution >= 0.6 is 23.2 Å². The van der Waals surface area contributed by atoms with Gasteiger partial charge >= 0.3 is 0 Å². The summed E-state index contributed by atoms with van der Waals surface area (Å²) < 4.78 is 27.0. The predicted molar refractivity (Wildman–Crippen MR) is 118 cm³/mol. The molecule has 0 aliphatic carbocycles. The summed E-state index contributed by atoms with van der Waals surface area (Å²) in [4.78, 5) is 12.6. The number of anilines is 1. The van der Waals surface area contributed by atoms with Crippen LogP contribution in [-0.2, 0) is 20.6 Å². The Kier molecular flexibility index (Phi) is 6.89. The Morgan fingerprint density at radius 3 is 2.45 bits per heavy atom. The number of carbonyl (C=O) groups is 1. The summed E-state index contributed by atoms with van der Waals surface area (Å²) >= 11 is 12.0. The Hall–Kier alpha value is -1.60. The molecule has 3 rings (SSSR count). The predicted octanol–water partition coefficient (Wildman–Crippen LogP) is 4.79. The highest BCUT2D eigenvalue weighted by Gasteiger charge is 2.31. The molecule has 0 spiro atoms. The molecular formula is C21H24Cl2N2O3S. The third-order valence-corrected chi connectivity index (χ3v) is 7.64. The summed E-state index contributed by atoms with van der Waals surface area (Å²) in [7, 11) is -3.52. The molecule has 1 aliphatic heterocycles. The molecule has 1 N–H and O–H groups in total. The average Bonchev–Trinajstić information content (AvgIpc) is 2.67. The molecule has 0 aromatic heterocycles. The summed E-state index contributed by atoms with van der Waals surface area (Å²) in [6.07, 6.45) is 0.981. The zero-order chi connectivity index (χ0) is 21.2. The van der Waals surface area contributed by atoms with E-state index < -0.39 is 10.0 Å². The third-order valence-electron chi connectivity index (χ3n) is 5.22. The van der Waals surface area contributed by atoms with Crippen molar-refractivity contribution in [3.05, 3.63) is 63.1 Å². The maximum absolute atomic E-state index is 12.8. The van der Waals surface area contributed by atoms with Crippen molar-refractivity contribution in [2.75, 3.05) is 18.4 Å². The van der Waals surface area contributed by atoms with Gasteiger partial charge in [-0.3, -0.25) is 4.79 Å². The molecule has 29 heavy (non-hydrogen) atoms. The van der Waals surface area contributed by atoms with Gasteiger partial charge in [-0.2, -0.15) is 0 Å². The number of sulfonamides is 1. The Morgan fingerprint density at radius 1 is 1.10 bits per heavy atom. The second-order valence-electron chi connectivity index (χ2n) is 7.47. The molecule has 5 nitrogen and oxygen atoms in total. The Bertz CT molecular complexity index is 1020. The molecule has 1 saturated heterocycles. The van der Waals surface area contributed by atoms with Crippen LogP contribution in [0.3, 0.4) is 0 Å². The number of nitrogens with one attached hydrogen (secondary N) is 1. The zero-order valence-corrected chi connectivity index (χ0v) is 18.7. The first-order valence-corrected chi connectivity index (χ1v) is 11.8. The van der Waals surface area contributed by atoms with Crippen LogP contribution in [0, 0.1) is 19.8 Å². The first-order valence-electron chi connectivity index (χ1n) is 9.45. The monoisotopic (exact) mass is 454 g/mol. The van der Waals surface area contributed by atoms with Crippen molar-refractivity contribution in [2.24, 2.45) is 5.92 Å². The summed E-state index contributed by atoms with van der Waals surface area (Å²) in [5.41, 5.74) is 3.41. The largest absolute Gasteiger partial charge is 0.326 e. The van der Waals surface area contributed by atoms with Crippen LogP contribution in [0.4, 0.5) is 5.69 Å². The highest BCUT2D eigenvalue weighted by Crippen LogP contribution is 2.27. The van der Waals surface area contributed by atoms with Crippen LogP contribution in [0.25, 0.3) is 0 Å².